The third-order valence-electron chi connectivity index (χ3n) is 5.73. The molecule has 0 fully saturated rings. The smallest absolute Gasteiger partial charge is 0.151 e. The largest absolute Gasteiger partial charge is 0.455 e. The van der Waals surface area contributed by atoms with Crippen LogP contribution in [-0.4, -0.2) is 15.0 Å². The van der Waals surface area contributed by atoms with Crippen molar-refractivity contribution >= 4 is 21.9 Å². The van der Waals surface area contributed by atoms with E-state index in [1.165, 1.54) is 16.7 Å². The fraction of sp³-hybridized carbons (Fsp3) is 0.100. The summed E-state index contributed by atoms with van der Waals surface area (Å²) in [5, 5.41) is 2.15. The Bertz CT molecular complexity index is 1580. The van der Waals surface area contributed by atoms with Gasteiger partial charge in [-0.3, -0.25) is 4.98 Å². The van der Waals surface area contributed by atoms with Crippen molar-refractivity contribution in [1.29, 1.82) is 0 Å². The van der Waals surface area contributed by atoms with Crippen LogP contribution in [-0.2, 0) is 20.1 Å². The quantitative estimate of drug-likeness (QED) is 0.188. The van der Waals surface area contributed by atoms with E-state index in [0.29, 0.717) is 0 Å². The van der Waals surface area contributed by atoms with Gasteiger partial charge in [0.25, 0.3) is 0 Å². The second kappa shape index (κ2) is 10.7. The number of nitrogens with zero attached hydrogens (tertiary/aromatic N) is 3. The first-order valence-electron chi connectivity index (χ1n) is 11.1. The van der Waals surface area contributed by atoms with E-state index in [0.717, 1.165) is 44.6 Å². The minimum absolute atomic E-state index is 0. The van der Waals surface area contributed by atoms with E-state index < -0.39 is 0 Å². The van der Waals surface area contributed by atoms with Crippen LogP contribution in [0.1, 0.15) is 16.7 Å². The van der Waals surface area contributed by atoms with Crippen molar-refractivity contribution in [3.8, 4) is 22.6 Å². The molecule has 1 radical (unpaired) electrons. The average Bonchev–Trinajstić information content (AvgIpc) is 3.25. The van der Waals surface area contributed by atoms with Crippen LogP contribution >= 0.6 is 0 Å². The summed E-state index contributed by atoms with van der Waals surface area (Å²) in [7, 11) is 0. The Morgan fingerprint density at radius 2 is 1.54 bits per heavy atom. The molecule has 35 heavy (non-hydrogen) atoms. The van der Waals surface area contributed by atoms with Gasteiger partial charge in [-0.05, 0) is 48.8 Å². The summed E-state index contributed by atoms with van der Waals surface area (Å²) < 4.78 is 5.75. The molecule has 0 aliphatic heterocycles. The first-order chi connectivity index (χ1) is 16.6. The van der Waals surface area contributed by atoms with Crippen LogP contribution in [0.4, 0.5) is 0 Å². The Kier molecular flexibility index (Phi) is 7.50. The van der Waals surface area contributed by atoms with Crippen LogP contribution in [0, 0.1) is 32.9 Å². The maximum atomic E-state index is 5.75. The van der Waals surface area contributed by atoms with Crippen molar-refractivity contribution in [2.75, 3.05) is 0 Å². The Hall–Kier alpha value is -3.66. The van der Waals surface area contributed by atoms with E-state index >= 15 is 0 Å². The molecule has 5 heteroatoms. The molecule has 4 heterocycles. The van der Waals surface area contributed by atoms with Crippen LogP contribution in [0.3, 0.4) is 0 Å². The molecule has 6 aromatic rings. The van der Waals surface area contributed by atoms with Crippen LogP contribution in [0.15, 0.2) is 89.7 Å². The first kappa shape index (κ1) is 24.5. The molecule has 0 aliphatic rings. The van der Waals surface area contributed by atoms with Crippen LogP contribution in [0.5, 0.6) is 0 Å². The normalized spacial score (nSPS) is 10.5. The zero-order chi connectivity index (χ0) is 23.5. The van der Waals surface area contributed by atoms with Gasteiger partial charge in [0.2, 0.25) is 0 Å². The van der Waals surface area contributed by atoms with E-state index in [9.17, 15) is 0 Å². The third kappa shape index (κ3) is 5.37. The molecule has 0 atom stereocenters. The zero-order valence-corrected chi connectivity index (χ0v) is 22.1. The molecule has 4 aromatic heterocycles. The molecule has 6 rings (SSSR count). The van der Waals surface area contributed by atoms with E-state index in [1.54, 1.807) is 12.4 Å². The molecule has 0 amide bonds. The summed E-state index contributed by atoms with van der Waals surface area (Å²) in [6, 6.07) is 28.2. The minimum atomic E-state index is 0. The molecular weight excluding hydrogens is 611 g/mol. The molecule has 4 nitrogen and oxygen atoms in total. The Balaban J connectivity index is 0.000000165. The Labute approximate surface area is 218 Å². The number of pyridine rings is 3. The standard InChI is InChI=1S/C16H9N2O.C14H14N.Ir/c1-2-7-15-11(5-1)12-9-14(18-10-16(12)19-15)13-6-3-4-8-17-13;1-10-4-6-13(7-5-10)14-8-11(2)12(3)9-15-14;/h1-5,7-10H;4-6,8-9H,1-3H3;/q2*-1;. The van der Waals surface area contributed by atoms with E-state index in [2.05, 4.69) is 66.1 Å². The van der Waals surface area contributed by atoms with E-state index in [1.807, 2.05) is 54.7 Å². The van der Waals surface area contributed by atoms with Crippen molar-refractivity contribution in [2.45, 2.75) is 20.8 Å². The first-order valence-corrected chi connectivity index (χ1v) is 11.1. The van der Waals surface area contributed by atoms with Crippen LogP contribution in [0.25, 0.3) is 44.6 Å². The molecule has 0 saturated carbocycles. The monoisotopic (exact) mass is 634 g/mol. The maximum Gasteiger partial charge on any atom is 0.151 e. The molecule has 0 aliphatic carbocycles. The molecule has 0 saturated heterocycles. The zero-order valence-electron chi connectivity index (χ0n) is 19.7. The van der Waals surface area contributed by atoms with Gasteiger partial charge in [0.15, 0.2) is 5.58 Å². The van der Waals surface area contributed by atoms with Gasteiger partial charge in [0, 0.05) is 37.1 Å². The Morgan fingerprint density at radius 3 is 2.29 bits per heavy atom. The molecule has 175 valence electrons. The SMILES string of the molecule is Cc1c[c-]c(-c2cc(C)c(C)cn2)cc1.[Ir].[c-]1cccnc1-c1cc2c(cn1)oc1ccccc12. The molecule has 0 spiro atoms. The number of aromatic nitrogens is 3. The molecular formula is C30H23IrN3O-2. The number of fused-ring (bicyclic) bond motifs is 3. The predicted octanol–water partition coefficient (Wildman–Crippen LogP) is 7.31. The van der Waals surface area contributed by atoms with E-state index in [-0.39, 0.29) is 20.1 Å². The number of aryl methyl sites for hydroxylation is 3. The molecule has 0 N–H and O–H groups in total. The van der Waals surface area contributed by atoms with Crippen molar-refractivity contribution in [2.24, 2.45) is 0 Å². The van der Waals surface area contributed by atoms with Gasteiger partial charge in [-0.1, -0.05) is 42.8 Å². The number of rotatable bonds is 2. The van der Waals surface area contributed by atoms with Crippen molar-refractivity contribution in [1.82, 2.24) is 15.0 Å². The van der Waals surface area contributed by atoms with E-state index in [4.69, 9.17) is 4.42 Å². The van der Waals surface area contributed by atoms with Gasteiger partial charge >= 0.3 is 0 Å². The summed E-state index contributed by atoms with van der Waals surface area (Å²) in [4.78, 5) is 13.1. The summed E-state index contributed by atoms with van der Waals surface area (Å²) in [6.45, 7) is 6.24. The fourth-order valence-electron chi connectivity index (χ4n) is 3.66. The summed E-state index contributed by atoms with van der Waals surface area (Å²) in [5.74, 6) is 0. The predicted molar refractivity (Wildman–Crippen MR) is 136 cm³/mol. The van der Waals surface area contributed by atoms with Gasteiger partial charge in [0.05, 0.1) is 6.20 Å². The maximum absolute atomic E-state index is 5.75. The van der Waals surface area contributed by atoms with Gasteiger partial charge in [-0.2, -0.15) is 12.1 Å². The minimum Gasteiger partial charge on any atom is -0.455 e. The topological polar surface area (TPSA) is 51.8 Å². The van der Waals surface area contributed by atoms with Gasteiger partial charge < -0.3 is 14.4 Å². The average molecular weight is 634 g/mol. The number of para-hydroxylation sites is 1. The van der Waals surface area contributed by atoms with Gasteiger partial charge in [-0.25, -0.2) is 0 Å². The summed E-state index contributed by atoms with van der Waals surface area (Å²) in [5.41, 5.74) is 9.00. The van der Waals surface area contributed by atoms with Gasteiger partial charge in [-0.15, -0.1) is 41.5 Å². The second-order valence-corrected chi connectivity index (χ2v) is 8.23. The van der Waals surface area contributed by atoms with Crippen molar-refractivity contribution in [3.63, 3.8) is 0 Å². The van der Waals surface area contributed by atoms with Crippen molar-refractivity contribution in [3.05, 3.63) is 114 Å². The van der Waals surface area contributed by atoms with Gasteiger partial charge in [0.1, 0.15) is 5.58 Å². The summed E-state index contributed by atoms with van der Waals surface area (Å²) >= 11 is 0. The van der Waals surface area contributed by atoms with Crippen LogP contribution < -0.4 is 0 Å². The molecule has 0 bridgehead atoms. The van der Waals surface area contributed by atoms with Crippen LogP contribution in [0.2, 0.25) is 0 Å². The number of furan rings is 1. The number of benzene rings is 2. The third-order valence-corrected chi connectivity index (χ3v) is 5.73. The number of hydrogen-bond acceptors (Lipinski definition) is 4. The van der Waals surface area contributed by atoms with Crippen molar-refractivity contribution < 1.29 is 24.5 Å². The second-order valence-electron chi connectivity index (χ2n) is 8.23. The molecule has 2 aromatic carbocycles. The fourth-order valence-corrected chi connectivity index (χ4v) is 3.66. The molecule has 0 unspecified atom stereocenters. The number of hydrogen-bond donors (Lipinski definition) is 0. The Morgan fingerprint density at radius 1 is 0.714 bits per heavy atom. The summed E-state index contributed by atoms with van der Waals surface area (Å²) in [6.07, 6.45) is 5.40.